The quantitative estimate of drug-likeness (QED) is 0.762. The Kier molecular flexibility index (Phi) is 3.31. The molecule has 0 saturated carbocycles. The molecule has 0 bridgehead atoms. The fraction of sp³-hybridized carbons (Fsp3) is 0.222. The van der Waals surface area contributed by atoms with Crippen molar-refractivity contribution < 1.29 is 14.3 Å². The second-order valence-corrected chi connectivity index (χ2v) is 3.34. The normalized spacial score (nSPS) is 10.0. The van der Waals surface area contributed by atoms with Gasteiger partial charge in [0.05, 0.1) is 5.56 Å². The van der Waals surface area contributed by atoms with Crippen LogP contribution in [0.4, 0.5) is 4.39 Å². The van der Waals surface area contributed by atoms with E-state index < -0.39 is 12.6 Å². The summed E-state index contributed by atoms with van der Waals surface area (Å²) in [6.45, 7) is -0.740. The molecule has 13 heavy (non-hydrogen) atoms. The molecule has 2 nitrogen and oxygen atoms in total. The highest BCUT2D eigenvalue weighted by Gasteiger charge is 2.09. The summed E-state index contributed by atoms with van der Waals surface area (Å²) >= 11 is 1.43. The zero-order valence-corrected chi connectivity index (χ0v) is 7.90. The van der Waals surface area contributed by atoms with Crippen molar-refractivity contribution in [2.45, 2.75) is 11.6 Å². The second kappa shape index (κ2) is 4.28. The van der Waals surface area contributed by atoms with Gasteiger partial charge < -0.3 is 5.11 Å². The second-order valence-electron chi connectivity index (χ2n) is 2.46. The van der Waals surface area contributed by atoms with Gasteiger partial charge in [-0.3, -0.25) is 0 Å². The molecule has 0 aliphatic carbocycles. The molecule has 0 fully saturated rings. The molecule has 0 spiro atoms. The standard InChI is InChI=1S/C9H9FO2S/c1-13-7-3-2-6(5-10)8(4-7)9(11)12/h2-4H,5H2,1H3,(H,11,12). The Bertz CT molecular complexity index is 325. The van der Waals surface area contributed by atoms with E-state index >= 15 is 0 Å². The number of alkyl halides is 1. The Morgan fingerprint density at radius 2 is 2.31 bits per heavy atom. The molecule has 0 amide bonds. The molecule has 1 aromatic rings. The van der Waals surface area contributed by atoms with E-state index in [4.69, 9.17) is 5.11 Å². The molecule has 0 aliphatic rings. The summed E-state index contributed by atoms with van der Waals surface area (Å²) in [4.78, 5) is 11.5. The van der Waals surface area contributed by atoms with Crippen molar-refractivity contribution in [3.8, 4) is 0 Å². The van der Waals surface area contributed by atoms with Crippen molar-refractivity contribution in [2.75, 3.05) is 6.26 Å². The van der Waals surface area contributed by atoms with Gasteiger partial charge in [-0.1, -0.05) is 6.07 Å². The molecule has 0 heterocycles. The van der Waals surface area contributed by atoms with Crippen molar-refractivity contribution in [1.29, 1.82) is 0 Å². The van der Waals surface area contributed by atoms with E-state index in [1.807, 2.05) is 6.26 Å². The number of halogens is 1. The Morgan fingerprint density at radius 3 is 2.77 bits per heavy atom. The highest BCUT2D eigenvalue weighted by atomic mass is 32.2. The number of carboxylic acid groups (broad SMARTS) is 1. The minimum Gasteiger partial charge on any atom is -0.478 e. The molecule has 0 saturated heterocycles. The van der Waals surface area contributed by atoms with Gasteiger partial charge in [0.25, 0.3) is 0 Å². The molecule has 70 valence electrons. The van der Waals surface area contributed by atoms with Gasteiger partial charge in [-0.05, 0) is 24.0 Å². The number of benzene rings is 1. The fourth-order valence-electron chi connectivity index (χ4n) is 0.998. The van der Waals surface area contributed by atoms with E-state index in [-0.39, 0.29) is 11.1 Å². The number of aromatic carboxylic acids is 1. The van der Waals surface area contributed by atoms with Crippen LogP contribution < -0.4 is 0 Å². The van der Waals surface area contributed by atoms with Crippen molar-refractivity contribution in [1.82, 2.24) is 0 Å². The topological polar surface area (TPSA) is 37.3 Å². The SMILES string of the molecule is CSc1ccc(CF)c(C(=O)O)c1. The average molecular weight is 200 g/mol. The number of rotatable bonds is 3. The van der Waals surface area contributed by atoms with E-state index in [9.17, 15) is 9.18 Å². The Hall–Kier alpha value is -1.03. The smallest absolute Gasteiger partial charge is 0.336 e. The number of thioether (sulfide) groups is 1. The lowest BCUT2D eigenvalue weighted by Gasteiger charge is -2.03. The first kappa shape index (κ1) is 10.1. The van der Waals surface area contributed by atoms with Gasteiger partial charge >= 0.3 is 5.97 Å². The lowest BCUT2D eigenvalue weighted by Crippen LogP contribution is -2.01. The Morgan fingerprint density at radius 1 is 1.62 bits per heavy atom. The van der Waals surface area contributed by atoms with Gasteiger partial charge in [-0.15, -0.1) is 11.8 Å². The van der Waals surface area contributed by atoms with Gasteiger partial charge in [0.1, 0.15) is 6.67 Å². The van der Waals surface area contributed by atoms with Crippen LogP contribution in [0.3, 0.4) is 0 Å². The summed E-state index contributed by atoms with van der Waals surface area (Å²) in [5, 5.41) is 8.74. The first-order valence-electron chi connectivity index (χ1n) is 3.65. The lowest BCUT2D eigenvalue weighted by atomic mass is 10.1. The number of hydrogen-bond donors (Lipinski definition) is 1. The summed E-state index contributed by atoms with van der Waals surface area (Å²) in [7, 11) is 0. The van der Waals surface area contributed by atoms with E-state index in [0.717, 1.165) is 4.90 Å². The predicted molar refractivity (Wildman–Crippen MR) is 50.0 cm³/mol. The van der Waals surface area contributed by atoms with Crippen LogP contribution in [0.25, 0.3) is 0 Å². The Labute approximate surface area is 79.8 Å². The van der Waals surface area contributed by atoms with Crippen molar-refractivity contribution in [3.05, 3.63) is 29.3 Å². The van der Waals surface area contributed by atoms with Crippen molar-refractivity contribution in [2.24, 2.45) is 0 Å². The highest BCUT2D eigenvalue weighted by Crippen LogP contribution is 2.20. The average Bonchev–Trinajstić information content (AvgIpc) is 2.16. The minimum atomic E-state index is -1.08. The predicted octanol–water partition coefficient (Wildman–Crippen LogP) is 2.58. The van der Waals surface area contributed by atoms with Crippen molar-refractivity contribution in [3.63, 3.8) is 0 Å². The molecule has 0 atom stereocenters. The molecule has 0 unspecified atom stereocenters. The Balaban J connectivity index is 3.18. The zero-order chi connectivity index (χ0) is 9.84. The van der Waals surface area contributed by atoms with Gasteiger partial charge in [0.15, 0.2) is 0 Å². The van der Waals surface area contributed by atoms with Crippen LogP contribution in [0.2, 0.25) is 0 Å². The van der Waals surface area contributed by atoms with Gasteiger partial charge in [0, 0.05) is 4.90 Å². The third-order valence-corrected chi connectivity index (χ3v) is 2.42. The largest absolute Gasteiger partial charge is 0.478 e. The maximum Gasteiger partial charge on any atom is 0.336 e. The molecular weight excluding hydrogens is 191 g/mol. The summed E-state index contributed by atoms with van der Waals surface area (Å²) < 4.78 is 12.3. The zero-order valence-electron chi connectivity index (χ0n) is 7.08. The van der Waals surface area contributed by atoms with Crippen LogP contribution in [0.5, 0.6) is 0 Å². The molecule has 0 aromatic heterocycles. The van der Waals surface area contributed by atoms with Gasteiger partial charge in [-0.2, -0.15) is 0 Å². The number of hydrogen-bond acceptors (Lipinski definition) is 2. The monoisotopic (exact) mass is 200 g/mol. The third-order valence-electron chi connectivity index (χ3n) is 1.69. The van der Waals surface area contributed by atoms with Crippen molar-refractivity contribution >= 4 is 17.7 Å². The molecule has 0 aliphatic heterocycles. The van der Waals surface area contributed by atoms with Crippen LogP contribution in [-0.4, -0.2) is 17.3 Å². The molecule has 4 heteroatoms. The molecule has 0 radical (unpaired) electrons. The summed E-state index contributed by atoms with van der Waals surface area (Å²) in [5.74, 6) is -1.08. The maximum absolute atomic E-state index is 12.3. The molecule has 1 N–H and O–H groups in total. The van der Waals surface area contributed by atoms with Crippen LogP contribution in [0.1, 0.15) is 15.9 Å². The third kappa shape index (κ3) is 2.21. The van der Waals surface area contributed by atoms with E-state index in [2.05, 4.69) is 0 Å². The van der Waals surface area contributed by atoms with Gasteiger partial charge in [0.2, 0.25) is 0 Å². The van der Waals surface area contributed by atoms with E-state index in [1.54, 1.807) is 6.07 Å². The molecule has 1 aromatic carbocycles. The van der Waals surface area contributed by atoms with Crippen LogP contribution in [0.15, 0.2) is 23.1 Å². The maximum atomic E-state index is 12.3. The van der Waals surface area contributed by atoms with Crippen LogP contribution in [0, 0.1) is 0 Å². The summed E-state index contributed by atoms with van der Waals surface area (Å²) in [6.07, 6.45) is 1.84. The number of carbonyl (C=O) groups is 1. The lowest BCUT2D eigenvalue weighted by molar-refractivity contribution is 0.0694. The van der Waals surface area contributed by atoms with Crippen LogP contribution in [-0.2, 0) is 6.67 Å². The fourth-order valence-corrected chi connectivity index (χ4v) is 1.44. The van der Waals surface area contributed by atoms with E-state index in [1.165, 1.54) is 23.9 Å². The number of carboxylic acids is 1. The highest BCUT2D eigenvalue weighted by molar-refractivity contribution is 7.98. The van der Waals surface area contributed by atoms with E-state index in [0.29, 0.717) is 0 Å². The summed E-state index contributed by atoms with van der Waals surface area (Å²) in [5.41, 5.74) is 0.277. The molecule has 1 rings (SSSR count). The van der Waals surface area contributed by atoms with Gasteiger partial charge in [-0.25, -0.2) is 9.18 Å². The first-order valence-corrected chi connectivity index (χ1v) is 4.87. The van der Waals surface area contributed by atoms with Crippen LogP contribution >= 0.6 is 11.8 Å². The minimum absolute atomic E-state index is 0.0503. The first-order chi connectivity index (χ1) is 6.19. The molecular formula is C9H9FO2S. The summed E-state index contributed by atoms with van der Waals surface area (Å²) in [6, 6.07) is 4.71.